The molecule has 5 nitrogen and oxygen atoms in total. The molecule has 5 aliphatic rings. The fourth-order valence-electron chi connectivity index (χ4n) is 6.13. The van der Waals surface area contributed by atoms with E-state index in [-0.39, 0.29) is 5.76 Å². The molecule has 23 heavy (non-hydrogen) atoms. The van der Waals surface area contributed by atoms with E-state index in [9.17, 15) is 5.11 Å². The van der Waals surface area contributed by atoms with Gasteiger partial charge in [0.1, 0.15) is 16.8 Å². The monoisotopic (exact) mass is 321 g/mol. The summed E-state index contributed by atoms with van der Waals surface area (Å²) in [6.45, 7) is 2.72. The molecule has 4 atom stereocenters. The highest BCUT2D eigenvalue weighted by atomic mass is 16.6. The van der Waals surface area contributed by atoms with Crippen LogP contribution < -0.4 is 0 Å². The molecule has 0 unspecified atom stereocenters. The quantitative estimate of drug-likeness (QED) is 0.688. The molecule has 4 heterocycles. The first-order valence-electron chi connectivity index (χ1n) is 9.17. The van der Waals surface area contributed by atoms with Crippen molar-refractivity contribution in [2.45, 2.75) is 73.8 Å². The van der Waals surface area contributed by atoms with Gasteiger partial charge in [-0.25, -0.2) is 0 Å². The number of rotatable bonds is 0. The topological polar surface area (TPSA) is 56.8 Å². The molecule has 1 aliphatic carbocycles. The first kappa shape index (κ1) is 14.7. The fourth-order valence-corrected chi connectivity index (χ4v) is 6.13. The third-order valence-corrected chi connectivity index (χ3v) is 6.87. The number of hydrogen-bond donors (Lipinski definition) is 0. The van der Waals surface area contributed by atoms with Crippen LogP contribution in [-0.4, -0.2) is 48.8 Å². The molecule has 4 spiro atoms. The van der Waals surface area contributed by atoms with Crippen molar-refractivity contribution in [1.82, 2.24) is 0 Å². The van der Waals surface area contributed by atoms with E-state index >= 15 is 0 Å². The van der Waals surface area contributed by atoms with E-state index in [1.165, 1.54) is 0 Å². The van der Waals surface area contributed by atoms with Crippen LogP contribution in [0.4, 0.5) is 0 Å². The lowest BCUT2D eigenvalue weighted by Gasteiger charge is -2.61. The number of hydrogen-bond acceptors (Lipinski definition) is 4. The summed E-state index contributed by atoms with van der Waals surface area (Å²) < 4.78 is 25.3. The average molecular weight is 321 g/mol. The van der Waals surface area contributed by atoms with E-state index in [0.29, 0.717) is 26.4 Å². The van der Waals surface area contributed by atoms with Crippen LogP contribution >= 0.6 is 0 Å². The van der Waals surface area contributed by atoms with Crippen molar-refractivity contribution in [3.8, 4) is 0 Å². The maximum Gasteiger partial charge on any atom is 0.189 e. The lowest BCUT2D eigenvalue weighted by molar-refractivity contribution is -0.306. The van der Waals surface area contributed by atoms with Crippen molar-refractivity contribution < 1.29 is 24.1 Å². The summed E-state index contributed by atoms with van der Waals surface area (Å²) in [4.78, 5) is 0. The highest BCUT2D eigenvalue weighted by molar-refractivity contribution is 5.41. The maximum absolute atomic E-state index is 13.3. The Kier molecular flexibility index (Phi) is 3.02. The highest BCUT2D eigenvalue weighted by Crippen LogP contribution is 2.65. The van der Waals surface area contributed by atoms with E-state index in [4.69, 9.17) is 18.9 Å². The lowest BCUT2D eigenvalue weighted by Crippen LogP contribution is -2.77. The first-order chi connectivity index (χ1) is 11.2. The molecule has 0 aromatic carbocycles. The van der Waals surface area contributed by atoms with Gasteiger partial charge in [0.2, 0.25) is 0 Å². The largest absolute Gasteiger partial charge is 0.368 e. The minimum atomic E-state index is -0.856. The van der Waals surface area contributed by atoms with Crippen LogP contribution in [0, 0.1) is 0 Å². The van der Waals surface area contributed by atoms with Gasteiger partial charge in [-0.1, -0.05) is 0 Å². The highest BCUT2D eigenvalue weighted by Gasteiger charge is 2.79. The molecule has 0 bridgehead atoms. The second-order valence-electron chi connectivity index (χ2n) is 7.69. The van der Waals surface area contributed by atoms with Gasteiger partial charge in [-0.05, 0) is 57.4 Å². The number of ether oxygens (including phenoxy) is 4. The predicted molar refractivity (Wildman–Crippen MR) is 80.4 cm³/mol. The molecule has 1 radical (unpaired) electrons. The van der Waals surface area contributed by atoms with Gasteiger partial charge in [-0.2, -0.15) is 0 Å². The lowest BCUT2D eigenvalue weighted by atomic mass is 9.55. The smallest absolute Gasteiger partial charge is 0.189 e. The average Bonchev–Trinajstić information content (AvgIpc) is 3.30. The molecule has 4 fully saturated rings. The van der Waals surface area contributed by atoms with Crippen LogP contribution in [-0.2, 0) is 24.1 Å². The normalized spacial score (nSPS) is 52.4. The van der Waals surface area contributed by atoms with Crippen LogP contribution in [0.25, 0.3) is 0 Å². The van der Waals surface area contributed by atoms with Crippen molar-refractivity contribution in [2.24, 2.45) is 0 Å². The summed E-state index contributed by atoms with van der Waals surface area (Å²) in [5, 5.41) is 13.3. The van der Waals surface area contributed by atoms with Gasteiger partial charge in [0.25, 0.3) is 0 Å². The van der Waals surface area contributed by atoms with Crippen molar-refractivity contribution in [2.75, 3.05) is 26.4 Å². The summed E-state index contributed by atoms with van der Waals surface area (Å²) in [5.74, 6) is 0.0694. The Bertz CT molecular complexity index is 516. The number of fused-ring (bicyclic) bond motifs is 3. The second kappa shape index (κ2) is 4.72. The Balaban J connectivity index is 1.77. The summed E-state index contributed by atoms with van der Waals surface area (Å²) in [6, 6.07) is 0. The van der Waals surface area contributed by atoms with E-state index in [2.05, 4.69) is 0 Å². The van der Waals surface area contributed by atoms with Gasteiger partial charge in [0.15, 0.2) is 11.4 Å². The molecule has 127 valence electrons. The second-order valence-corrected chi connectivity index (χ2v) is 7.69. The fraction of sp³-hybridized carbons (Fsp3) is 0.889. The Morgan fingerprint density at radius 3 is 1.87 bits per heavy atom. The van der Waals surface area contributed by atoms with Gasteiger partial charge in [0.05, 0.1) is 0 Å². The van der Waals surface area contributed by atoms with E-state index in [0.717, 1.165) is 51.4 Å². The van der Waals surface area contributed by atoms with Crippen LogP contribution in [0.5, 0.6) is 0 Å². The van der Waals surface area contributed by atoms with Crippen molar-refractivity contribution in [1.29, 1.82) is 0 Å². The molecule has 4 saturated heterocycles. The van der Waals surface area contributed by atoms with Gasteiger partial charge < -0.3 is 18.9 Å². The molecule has 5 rings (SSSR count). The SMILES string of the molecule is [O]C1=C[C@@]2(CCCO2)[C@@]2(CCCO2)[C@]2(CCCO2)[C@]12CCCO2. The zero-order valence-corrected chi connectivity index (χ0v) is 13.6. The van der Waals surface area contributed by atoms with Gasteiger partial charge >= 0.3 is 0 Å². The molecule has 0 aromatic rings. The molecule has 0 aromatic heterocycles. The van der Waals surface area contributed by atoms with E-state index in [1.807, 2.05) is 6.08 Å². The Labute approximate surface area is 136 Å². The van der Waals surface area contributed by atoms with Gasteiger partial charge in [-0.15, -0.1) is 0 Å². The van der Waals surface area contributed by atoms with Crippen LogP contribution in [0.3, 0.4) is 0 Å². The molecule has 0 amide bonds. The summed E-state index contributed by atoms with van der Waals surface area (Å²) in [6.07, 6.45) is 8.97. The Morgan fingerprint density at radius 2 is 1.30 bits per heavy atom. The van der Waals surface area contributed by atoms with Gasteiger partial charge in [-0.3, -0.25) is 5.11 Å². The zero-order chi connectivity index (χ0) is 15.6. The van der Waals surface area contributed by atoms with Crippen LogP contribution in [0.15, 0.2) is 11.8 Å². The van der Waals surface area contributed by atoms with Crippen LogP contribution in [0.1, 0.15) is 51.4 Å². The summed E-state index contributed by atoms with van der Waals surface area (Å²) >= 11 is 0. The van der Waals surface area contributed by atoms with Crippen molar-refractivity contribution in [3.63, 3.8) is 0 Å². The van der Waals surface area contributed by atoms with Crippen molar-refractivity contribution in [3.05, 3.63) is 11.8 Å². The standard InChI is InChI=1S/C18H25O5/c19-14-13-15(5-1-9-20-15)17(7-3-11-22-17)18(8-4-12-23-18)16(14)6-2-10-21-16/h13H,1-12H2/t15-,16-,17-,18-/m0/s1. The van der Waals surface area contributed by atoms with Crippen LogP contribution in [0.2, 0.25) is 0 Å². The molecule has 0 saturated carbocycles. The van der Waals surface area contributed by atoms with Gasteiger partial charge in [0, 0.05) is 26.4 Å². The minimum absolute atomic E-state index is 0.0694. The molecular formula is C18H25O5. The van der Waals surface area contributed by atoms with Crippen molar-refractivity contribution >= 4 is 0 Å². The minimum Gasteiger partial charge on any atom is -0.368 e. The Morgan fingerprint density at radius 1 is 0.696 bits per heavy atom. The molecule has 4 aliphatic heterocycles. The predicted octanol–water partition coefficient (Wildman–Crippen LogP) is 2.51. The molecular weight excluding hydrogens is 296 g/mol. The summed E-state index contributed by atoms with van der Waals surface area (Å²) in [5.41, 5.74) is -2.72. The third-order valence-electron chi connectivity index (χ3n) is 6.87. The zero-order valence-electron chi connectivity index (χ0n) is 13.6. The third kappa shape index (κ3) is 1.49. The van der Waals surface area contributed by atoms with E-state index < -0.39 is 22.4 Å². The van der Waals surface area contributed by atoms with E-state index in [1.54, 1.807) is 0 Å². The molecule has 0 N–H and O–H groups in total. The first-order valence-corrected chi connectivity index (χ1v) is 9.17. The Hall–Kier alpha value is -0.620. The maximum atomic E-state index is 13.3. The molecule has 5 heteroatoms. The summed E-state index contributed by atoms with van der Waals surface area (Å²) in [7, 11) is 0.